The highest BCUT2D eigenvalue weighted by atomic mass is 79.9. The molecule has 0 aliphatic rings. The Kier molecular flexibility index (Phi) is 3.68. The molecule has 0 aromatic carbocycles. The second kappa shape index (κ2) is 5.03. The van der Waals surface area contributed by atoms with Gasteiger partial charge in [0, 0.05) is 15.8 Å². The minimum atomic E-state index is -0.340. The molecule has 0 aliphatic heterocycles. The molecule has 84 valence electrons. The van der Waals surface area contributed by atoms with Crippen LogP contribution >= 0.6 is 27.3 Å². The predicted molar refractivity (Wildman–Crippen MR) is 66.8 cm³/mol. The molecule has 2 heterocycles. The second-order valence-corrected chi connectivity index (χ2v) is 5.26. The summed E-state index contributed by atoms with van der Waals surface area (Å²) in [7, 11) is 0. The summed E-state index contributed by atoms with van der Waals surface area (Å²) in [6.07, 6.45) is 1.90. The lowest BCUT2D eigenvalue weighted by Gasteiger charge is -2.09. The maximum atomic E-state index is 12.7. The van der Waals surface area contributed by atoms with E-state index in [1.54, 1.807) is 17.4 Å². The first-order chi connectivity index (χ1) is 7.66. The molecule has 0 fully saturated rings. The van der Waals surface area contributed by atoms with Crippen LogP contribution in [0.4, 0.5) is 4.39 Å². The van der Waals surface area contributed by atoms with Gasteiger partial charge in [-0.1, -0.05) is 0 Å². The summed E-state index contributed by atoms with van der Waals surface area (Å²) in [6, 6.07) is 4.80. The van der Waals surface area contributed by atoms with Crippen LogP contribution in [-0.2, 0) is 6.42 Å². The van der Waals surface area contributed by atoms with Gasteiger partial charge in [-0.05, 0) is 39.5 Å². The second-order valence-electron chi connectivity index (χ2n) is 3.40. The van der Waals surface area contributed by atoms with Crippen molar-refractivity contribution in [3.05, 3.63) is 50.6 Å². The van der Waals surface area contributed by atoms with Gasteiger partial charge in [0.1, 0.15) is 5.82 Å². The number of hydrogen-bond acceptors (Lipinski definition) is 3. The first kappa shape index (κ1) is 11.7. The minimum absolute atomic E-state index is 0.199. The van der Waals surface area contributed by atoms with E-state index in [-0.39, 0.29) is 11.9 Å². The largest absolute Gasteiger partial charge is 0.322 e. The van der Waals surface area contributed by atoms with Crippen molar-refractivity contribution in [1.29, 1.82) is 0 Å². The standard InChI is InChI=1S/C11H10BrFN2S/c12-8-3-4-16-11(8)5-9(14)10-2-1-7(13)6-15-10/h1-4,6,9H,5,14H2. The lowest BCUT2D eigenvalue weighted by molar-refractivity contribution is 0.612. The minimum Gasteiger partial charge on any atom is -0.322 e. The zero-order valence-corrected chi connectivity index (χ0v) is 10.8. The predicted octanol–water partition coefficient (Wildman–Crippen LogP) is 3.29. The van der Waals surface area contributed by atoms with E-state index in [0.717, 1.165) is 4.47 Å². The van der Waals surface area contributed by atoms with E-state index >= 15 is 0 Å². The number of aromatic nitrogens is 1. The normalized spacial score (nSPS) is 12.7. The average Bonchev–Trinajstić information content (AvgIpc) is 2.65. The molecule has 0 bridgehead atoms. The van der Waals surface area contributed by atoms with Crippen LogP contribution in [0, 0.1) is 5.82 Å². The molecule has 2 aromatic rings. The van der Waals surface area contributed by atoms with Crippen LogP contribution in [0.25, 0.3) is 0 Å². The van der Waals surface area contributed by atoms with E-state index in [2.05, 4.69) is 20.9 Å². The maximum absolute atomic E-state index is 12.7. The zero-order chi connectivity index (χ0) is 11.5. The monoisotopic (exact) mass is 300 g/mol. The lowest BCUT2D eigenvalue weighted by atomic mass is 10.1. The van der Waals surface area contributed by atoms with Crippen molar-refractivity contribution in [1.82, 2.24) is 4.98 Å². The fraction of sp³-hybridized carbons (Fsp3) is 0.182. The van der Waals surface area contributed by atoms with Crippen LogP contribution in [0.1, 0.15) is 16.6 Å². The fourth-order valence-electron chi connectivity index (χ4n) is 1.38. The van der Waals surface area contributed by atoms with Crippen molar-refractivity contribution >= 4 is 27.3 Å². The molecule has 2 rings (SSSR count). The van der Waals surface area contributed by atoms with Crippen molar-refractivity contribution in [2.45, 2.75) is 12.5 Å². The Morgan fingerprint density at radius 1 is 1.44 bits per heavy atom. The Morgan fingerprint density at radius 2 is 2.25 bits per heavy atom. The number of nitrogens with two attached hydrogens (primary N) is 1. The third kappa shape index (κ3) is 2.66. The van der Waals surface area contributed by atoms with Gasteiger partial charge in [0.15, 0.2) is 0 Å². The van der Waals surface area contributed by atoms with Crippen LogP contribution in [-0.4, -0.2) is 4.98 Å². The molecule has 16 heavy (non-hydrogen) atoms. The molecule has 0 amide bonds. The van der Waals surface area contributed by atoms with Crippen LogP contribution in [0.2, 0.25) is 0 Å². The van der Waals surface area contributed by atoms with Crippen molar-refractivity contribution < 1.29 is 4.39 Å². The summed E-state index contributed by atoms with van der Waals surface area (Å²) in [5.41, 5.74) is 6.72. The van der Waals surface area contributed by atoms with Crippen molar-refractivity contribution in [2.75, 3.05) is 0 Å². The smallest absolute Gasteiger partial charge is 0.141 e. The van der Waals surface area contributed by atoms with E-state index in [4.69, 9.17) is 5.73 Å². The number of halogens is 2. The van der Waals surface area contributed by atoms with Crippen molar-refractivity contribution in [3.63, 3.8) is 0 Å². The van der Waals surface area contributed by atoms with Gasteiger partial charge in [-0.2, -0.15) is 0 Å². The van der Waals surface area contributed by atoms with Gasteiger partial charge in [0.05, 0.1) is 17.9 Å². The molecular formula is C11H10BrFN2S. The summed E-state index contributed by atoms with van der Waals surface area (Å²) in [5, 5.41) is 2.00. The Morgan fingerprint density at radius 3 is 2.81 bits per heavy atom. The van der Waals surface area contributed by atoms with E-state index < -0.39 is 0 Å². The number of hydrogen-bond donors (Lipinski definition) is 1. The van der Waals surface area contributed by atoms with Gasteiger partial charge in [0.2, 0.25) is 0 Å². The molecule has 0 spiro atoms. The maximum Gasteiger partial charge on any atom is 0.141 e. The Hall–Kier alpha value is -0.780. The molecule has 2 nitrogen and oxygen atoms in total. The molecule has 0 saturated heterocycles. The lowest BCUT2D eigenvalue weighted by Crippen LogP contribution is -2.14. The van der Waals surface area contributed by atoms with Crippen molar-refractivity contribution in [3.8, 4) is 0 Å². The third-order valence-corrected chi connectivity index (χ3v) is 4.18. The first-order valence-electron chi connectivity index (χ1n) is 4.75. The van der Waals surface area contributed by atoms with Gasteiger partial charge >= 0.3 is 0 Å². The summed E-state index contributed by atoms with van der Waals surface area (Å²) in [4.78, 5) is 5.16. The summed E-state index contributed by atoms with van der Waals surface area (Å²) in [6.45, 7) is 0. The quantitative estimate of drug-likeness (QED) is 0.945. The highest BCUT2D eigenvalue weighted by Crippen LogP contribution is 2.26. The SMILES string of the molecule is NC(Cc1sccc1Br)c1ccc(F)cn1. The van der Waals surface area contributed by atoms with E-state index in [1.807, 2.05) is 11.4 Å². The van der Waals surface area contributed by atoms with Gasteiger partial charge in [-0.25, -0.2) is 4.39 Å². The molecule has 2 aromatic heterocycles. The van der Waals surface area contributed by atoms with Crippen LogP contribution in [0.15, 0.2) is 34.2 Å². The third-order valence-electron chi connectivity index (χ3n) is 2.23. The number of thiophene rings is 1. The first-order valence-corrected chi connectivity index (χ1v) is 6.43. The Labute approximate surface area is 105 Å². The number of pyridine rings is 1. The molecule has 0 radical (unpaired) electrons. The van der Waals surface area contributed by atoms with E-state index in [1.165, 1.54) is 17.1 Å². The van der Waals surface area contributed by atoms with Crippen molar-refractivity contribution in [2.24, 2.45) is 5.73 Å². The van der Waals surface area contributed by atoms with Gasteiger partial charge in [-0.3, -0.25) is 4.98 Å². The fourth-order valence-corrected chi connectivity index (χ4v) is 2.96. The van der Waals surface area contributed by atoms with Crippen LogP contribution in [0.5, 0.6) is 0 Å². The Bertz CT molecular complexity index is 469. The molecule has 0 saturated carbocycles. The zero-order valence-electron chi connectivity index (χ0n) is 8.36. The molecule has 0 aliphatic carbocycles. The topological polar surface area (TPSA) is 38.9 Å². The highest BCUT2D eigenvalue weighted by Gasteiger charge is 2.11. The highest BCUT2D eigenvalue weighted by molar-refractivity contribution is 9.10. The van der Waals surface area contributed by atoms with Crippen LogP contribution < -0.4 is 5.73 Å². The van der Waals surface area contributed by atoms with Gasteiger partial charge in [-0.15, -0.1) is 11.3 Å². The summed E-state index contributed by atoms with van der Waals surface area (Å²) in [5.74, 6) is -0.340. The summed E-state index contributed by atoms with van der Waals surface area (Å²) < 4.78 is 13.7. The molecule has 2 N–H and O–H groups in total. The van der Waals surface area contributed by atoms with Gasteiger partial charge < -0.3 is 5.73 Å². The Balaban J connectivity index is 2.11. The molecule has 1 atom stereocenters. The molecule has 5 heteroatoms. The molecule has 1 unspecified atom stereocenters. The number of nitrogens with zero attached hydrogens (tertiary/aromatic N) is 1. The van der Waals surface area contributed by atoms with E-state index in [9.17, 15) is 4.39 Å². The summed E-state index contributed by atoms with van der Waals surface area (Å²) >= 11 is 5.10. The number of rotatable bonds is 3. The van der Waals surface area contributed by atoms with Gasteiger partial charge in [0.25, 0.3) is 0 Å². The molecular weight excluding hydrogens is 291 g/mol. The average molecular weight is 301 g/mol. The van der Waals surface area contributed by atoms with E-state index in [0.29, 0.717) is 12.1 Å². The van der Waals surface area contributed by atoms with Crippen LogP contribution in [0.3, 0.4) is 0 Å².